The maximum atomic E-state index is 12.5. The average molecular weight is 286 g/mol. The molecule has 1 saturated carbocycles. The van der Waals surface area contributed by atoms with Gasteiger partial charge in [0.25, 0.3) is 5.91 Å². The first-order chi connectivity index (χ1) is 10.1. The molecule has 0 radical (unpaired) electrons. The van der Waals surface area contributed by atoms with E-state index in [0.717, 1.165) is 12.8 Å². The van der Waals surface area contributed by atoms with Crippen LogP contribution in [-0.4, -0.2) is 49.5 Å². The second kappa shape index (κ2) is 5.35. The molecular weight excluding hydrogens is 272 g/mol. The number of carbonyl (C=O) groups is 2. The van der Waals surface area contributed by atoms with E-state index in [0.29, 0.717) is 11.3 Å². The minimum absolute atomic E-state index is 0.0450. The van der Waals surface area contributed by atoms with Crippen molar-refractivity contribution >= 4 is 11.9 Å². The summed E-state index contributed by atoms with van der Waals surface area (Å²) in [7, 11) is 0. The van der Waals surface area contributed by atoms with Crippen molar-refractivity contribution in [3.05, 3.63) is 42.2 Å². The Morgan fingerprint density at radius 2 is 2.19 bits per heavy atom. The van der Waals surface area contributed by atoms with E-state index in [9.17, 15) is 9.59 Å². The summed E-state index contributed by atoms with van der Waals surface area (Å²) in [5, 5.41) is 16.5. The molecule has 1 fully saturated rings. The van der Waals surface area contributed by atoms with E-state index in [4.69, 9.17) is 5.11 Å². The molecule has 0 spiro atoms. The molecule has 2 aromatic rings. The Kier molecular flexibility index (Phi) is 3.39. The molecule has 7 nitrogen and oxygen atoms in total. The Bertz CT molecular complexity index is 665. The van der Waals surface area contributed by atoms with Crippen molar-refractivity contribution in [2.45, 2.75) is 18.9 Å². The molecule has 1 aliphatic carbocycles. The van der Waals surface area contributed by atoms with Gasteiger partial charge in [0.2, 0.25) is 0 Å². The minimum Gasteiger partial charge on any atom is -0.480 e. The van der Waals surface area contributed by atoms with Crippen LogP contribution >= 0.6 is 0 Å². The number of nitrogens with zero attached hydrogens (tertiary/aromatic N) is 4. The monoisotopic (exact) mass is 286 g/mol. The van der Waals surface area contributed by atoms with Gasteiger partial charge in [-0.1, -0.05) is 11.3 Å². The molecule has 0 unspecified atom stereocenters. The zero-order chi connectivity index (χ0) is 14.8. The zero-order valence-electron chi connectivity index (χ0n) is 11.2. The smallest absolute Gasteiger partial charge is 0.323 e. The van der Waals surface area contributed by atoms with Gasteiger partial charge in [0.15, 0.2) is 0 Å². The van der Waals surface area contributed by atoms with E-state index in [1.807, 2.05) is 6.07 Å². The van der Waals surface area contributed by atoms with Gasteiger partial charge in [0, 0.05) is 11.6 Å². The largest absolute Gasteiger partial charge is 0.480 e. The maximum absolute atomic E-state index is 12.5. The first kappa shape index (κ1) is 13.3. The van der Waals surface area contributed by atoms with E-state index in [2.05, 4.69) is 10.3 Å². The summed E-state index contributed by atoms with van der Waals surface area (Å²) in [6.07, 6.45) is 4.96. The van der Waals surface area contributed by atoms with Crippen LogP contribution in [-0.2, 0) is 4.79 Å². The van der Waals surface area contributed by atoms with Gasteiger partial charge < -0.3 is 10.0 Å². The lowest BCUT2D eigenvalue weighted by Gasteiger charge is -2.20. The summed E-state index contributed by atoms with van der Waals surface area (Å²) in [5.41, 5.74) is 1.17. The summed E-state index contributed by atoms with van der Waals surface area (Å²) in [6, 6.07) is 6.97. The Labute approximate surface area is 120 Å². The molecule has 1 aromatic heterocycles. The third-order valence-corrected chi connectivity index (χ3v) is 3.33. The SMILES string of the molecule is O=C(O)CN(C(=O)c1cccc(-n2ccnn2)c1)C1CC1. The highest BCUT2D eigenvalue weighted by Gasteiger charge is 2.34. The summed E-state index contributed by atoms with van der Waals surface area (Å²) >= 11 is 0. The molecule has 1 heterocycles. The Morgan fingerprint density at radius 1 is 1.38 bits per heavy atom. The predicted octanol–water partition coefficient (Wildman–Crippen LogP) is 0.956. The van der Waals surface area contributed by atoms with E-state index in [-0.39, 0.29) is 18.5 Å². The first-order valence-corrected chi connectivity index (χ1v) is 6.64. The maximum Gasteiger partial charge on any atom is 0.323 e. The van der Waals surface area contributed by atoms with Crippen LogP contribution < -0.4 is 0 Å². The number of rotatable bonds is 5. The topological polar surface area (TPSA) is 88.3 Å². The molecular formula is C14H14N4O3. The summed E-state index contributed by atoms with van der Waals surface area (Å²) in [5.74, 6) is -1.26. The lowest BCUT2D eigenvalue weighted by Crippen LogP contribution is -2.37. The molecule has 1 amide bonds. The van der Waals surface area contributed by atoms with E-state index < -0.39 is 5.97 Å². The molecule has 0 saturated heterocycles. The van der Waals surface area contributed by atoms with Crippen molar-refractivity contribution in [2.24, 2.45) is 0 Å². The highest BCUT2D eigenvalue weighted by Crippen LogP contribution is 2.28. The second-order valence-electron chi connectivity index (χ2n) is 4.96. The average Bonchev–Trinajstić information content (AvgIpc) is 3.17. The predicted molar refractivity (Wildman–Crippen MR) is 73.1 cm³/mol. The number of hydrogen-bond donors (Lipinski definition) is 1. The fourth-order valence-corrected chi connectivity index (χ4v) is 2.19. The van der Waals surface area contributed by atoms with Gasteiger partial charge >= 0.3 is 5.97 Å². The van der Waals surface area contributed by atoms with Gasteiger partial charge in [-0.3, -0.25) is 9.59 Å². The van der Waals surface area contributed by atoms with Crippen LogP contribution in [0.25, 0.3) is 5.69 Å². The van der Waals surface area contributed by atoms with Crippen LogP contribution in [0.1, 0.15) is 23.2 Å². The van der Waals surface area contributed by atoms with Crippen LogP contribution in [0.3, 0.4) is 0 Å². The third-order valence-electron chi connectivity index (χ3n) is 3.33. The lowest BCUT2D eigenvalue weighted by molar-refractivity contribution is -0.137. The fraction of sp³-hybridized carbons (Fsp3) is 0.286. The van der Waals surface area contributed by atoms with Crippen LogP contribution in [0, 0.1) is 0 Å². The Morgan fingerprint density at radius 3 is 2.81 bits per heavy atom. The molecule has 1 N–H and O–H groups in total. The molecule has 0 atom stereocenters. The van der Waals surface area contributed by atoms with Crippen molar-refractivity contribution in [1.29, 1.82) is 0 Å². The van der Waals surface area contributed by atoms with Crippen LogP contribution in [0.5, 0.6) is 0 Å². The molecule has 7 heteroatoms. The van der Waals surface area contributed by atoms with Gasteiger partial charge in [-0.25, -0.2) is 4.68 Å². The first-order valence-electron chi connectivity index (χ1n) is 6.64. The van der Waals surface area contributed by atoms with Crippen molar-refractivity contribution in [1.82, 2.24) is 19.9 Å². The van der Waals surface area contributed by atoms with Gasteiger partial charge in [0.1, 0.15) is 6.54 Å². The zero-order valence-corrected chi connectivity index (χ0v) is 11.2. The van der Waals surface area contributed by atoms with Crippen molar-refractivity contribution in [3.63, 3.8) is 0 Å². The molecule has 0 bridgehead atoms. The van der Waals surface area contributed by atoms with Crippen LogP contribution in [0.2, 0.25) is 0 Å². The van der Waals surface area contributed by atoms with Crippen molar-refractivity contribution < 1.29 is 14.7 Å². The van der Waals surface area contributed by atoms with Gasteiger partial charge in [0.05, 0.1) is 18.1 Å². The molecule has 21 heavy (non-hydrogen) atoms. The standard InChI is InChI=1S/C14H14N4O3/c19-13(20)9-17(11-4-5-11)14(21)10-2-1-3-12(8-10)18-7-6-15-16-18/h1-3,6-8,11H,4-5,9H2,(H,19,20). The highest BCUT2D eigenvalue weighted by atomic mass is 16.4. The molecule has 3 rings (SSSR count). The quantitative estimate of drug-likeness (QED) is 0.884. The van der Waals surface area contributed by atoms with Crippen molar-refractivity contribution in [2.75, 3.05) is 6.54 Å². The second-order valence-corrected chi connectivity index (χ2v) is 4.96. The van der Waals surface area contributed by atoms with E-state index >= 15 is 0 Å². The fourth-order valence-electron chi connectivity index (χ4n) is 2.19. The normalized spacial score (nSPS) is 13.9. The van der Waals surface area contributed by atoms with Gasteiger partial charge in [-0.2, -0.15) is 0 Å². The molecule has 108 valence electrons. The summed E-state index contributed by atoms with van der Waals surface area (Å²) < 4.78 is 1.55. The highest BCUT2D eigenvalue weighted by molar-refractivity contribution is 5.96. The molecule has 1 aliphatic rings. The number of amides is 1. The van der Waals surface area contributed by atoms with Gasteiger partial charge in [-0.15, -0.1) is 5.10 Å². The number of carbonyl (C=O) groups excluding carboxylic acids is 1. The number of carboxylic acid groups (broad SMARTS) is 1. The number of aliphatic carboxylic acids is 1. The van der Waals surface area contributed by atoms with Crippen molar-refractivity contribution in [3.8, 4) is 5.69 Å². The van der Waals surface area contributed by atoms with E-state index in [1.54, 1.807) is 35.3 Å². The Balaban J connectivity index is 1.86. The van der Waals surface area contributed by atoms with Crippen LogP contribution in [0.4, 0.5) is 0 Å². The number of aromatic nitrogens is 3. The number of hydrogen-bond acceptors (Lipinski definition) is 4. The third kappa shape index (κ3) is 2.91. The minimum atomic E-state index is -0.998. The summed E-state index contributed by atoms with van der Waals surface area (Å²) in [6.45, 7) is -0.267. The Hall–Kier alpha value is -2.70. The number of benzene rings is 1. The van der Waals surface area contributed by atoms with E-state index in [1.165, 1.54) is 4.90 Å². The molecule has 0 aliphatic heterocycles. The van der Waals surface area contributed by atoms with Crippen LogP contribution in [0.15, 0.2) is 36.7 Å². The number of carboxylic acids is 1. The lowest BCUT2D eigenvalue weighted by atomic mass is 10.1. The molecule has 1 aromatic carbocycles. The van der Waals surface area contributed by atoms with Gasteiger partial charge in [-0.05, 0) is 31.0 Å². The summed E-state index contributed by atoms with van der Waals surface area (Å²) in [4.78, 5) is 24.8.